The van der Waals surface area contributed by atoms with Crippen LogP contribution in [0.1, 0.15) is 52.4 Å². The van der Waals surface area contributed by atoms with E-state index in [1.807, 2.05) is 0 Å². The van der Waals surface area contributed by atoms with E-state index in [0.717, 1.165) is 31.5 Å². The topological polar surface area (TPSA) is 113 Å². The molecule has 2 aromatic rings. The van der Waals surface area contributed by atoms with Crippen molar-refractivity contribution in [1.29, 1.82) is 0 Å². The number of hydrogen-bond acceptors (Lipinski definition) is 6. The van der Waals surface area contributed by atoms with Gasteiger partial charge in [0.2, 0.25) is 5.91 Å². The van der Waals surface area contributed by atoms with Crippen LogP contribution in [-0.4, -0.2) is 30.6 Å². The second kappa shape index (κ2) is 8.00. The number of rotatable bonds is 4. The minimum atomic E-state index is -0.613. The number of aryl methyl sites for hydroxylation is 1. The third-order valence-electron chi connectivity index (χ3n) is 5.26. The lowest BCUT2D eigenvalue weighted by molar-refractivity contribution is -0.119. The molecule has 0 atom stereocenters. The Morgan fingerprint density at radius 1 is 1.17 bits per heavy atom. The van der Waals surface area contributed by atoms with Gasteiger partial charge in [0.05, 0.1) is 12.1 Å². The quantitative estimate of drug-likeness (QED) is 0.733. The first kappa shape index (κ1) is 19.1. The van der Waals surface area contributed by atoms with Crippen molar-refractivity contribution in [1.82, 2.24) is 10.7 Å². The number of hydrogen-bond donors (Lipinski definition) is 3. The van der Waals surface area contributed by atoms with Gasteiger partial charge in [0.1, 0.15) is 11.3 Å². The summed E-state index contributed by atoms with van der Waals surface area (Å²) >= 11 is 0. The van der Waals surface area contributed by atoms with Crippen molar-refractivity contribution in [2.45, 2.75) is 32.1 Å². The van der Waals surface area contributed by atoms with Gasteiger partial charge in [-0.25, -0.2) is 10.2 Å². The summed E-state index contributed by atoms with van der Waals surface area (Å²) in [5, 5.41) is 9.98. The molecule has 1 aromatic heterocycles. The highest BCUT2D eigenvalue weighted by atomic mass is 16.4. The highest BCUT2D eigenvalue weighted by Gasteiger charge is 2.23. The zero-order chi connectivity index (χ0) is 20.4. The molecule has 2 aliphatic rings. The summed E-state index contributed by atoms with van der Waals surface area (Å²) in [5.41, 5.74) is 4.40. The summed E-state index contributed by atoms with van der Waals surface area (Å²) in [6.07, 6.45) is 2.05. The van der Waals surface area contributed by atoms with Gasteiger partial charge in [0, 0.05) is 11.6 Å². The van der Waals surface area contributed by atoms with Crippen LogP contribution in [0.15, 0.2) is 44.6 Å². The zero-order valence-corrected chi connectivity index (χ0v) is 16.1. The lowest BCUT2D eigenvalue weighted by atomic mass is 9.94. The summed E-state index contributed by atoms with van der Waals surface area (Å²) in [4.78, 5) is 36.4. The molecule has 1 aromatic carbocycles. The zero-order valence-electron chi connectivity index (χ0n) is 16.1. The van der Waals surface area contributed by atoms with E-state index in [2.05, 4.69) is 21.2 Å². The van der Waals surface area contributed by atoms with Crippen LogP contribution in [0.25, 0.3) is 0 Å². The normalized spacial score (nSPS) is 17.0. The largest absolute Gasteiger partial charge is 0.427 e. The lowest BCUT2D eigenvalue weighted by Gasteiger charge is -2.21. The number of anilines is 1. The molecule has 0 radical (unpaired) electrons. The van der Waals surface area contributed by atoms with E-state index in [1.165, 1.54) is 0 Å². The molecule has 0 aliphatic carbocycles. The van der Waals surface area contributed by atoms with Crippen LogP contribution < -0.4 is 21.7 Å². The highest BCUT2D eigenvalue weighted by Crippen LogP contribution is 2.25. The first-order valence-corrected chi connectivity index (χ1v) is 9.64. The fourth-order valence-electron chi connectivity index (χ4n) is 3.68. The highest BCUT2D eigenvalue weighted by molar-refractivity contribution is 6.14. The Kier molecular flexibility index (Phi) is 5.26. The fourth-order valence-corrected chi connectivity index (χ4v) is 3.68. The molecule has 8 nitrogen and oxygen atoms in total. The Bertz CT molecular complexity index is 1030. The van der Waals surface area contributed by atoms with Crippen LogP contribution >= 0.6 is 0 Å². The molecule has 0 bridgehead atoms. The number of nitrogens with zero attached hydrogens (tertiary/aromatic N) is 1. The number of amides is 2. The van der Waals surface area contributed by atoms with Gasteiger partial charge in [-0.2, -0.15) is 5.10 Å². The Labute approximate surface area is 167 Å². The summed E-state index contributed by atoms with van der Waals surface area (Å²) in [5.74, 6) is 0.200. The Morgan fingerprint density at radius 2 is 1.90 bits per heavy atom. The van der Waals surface area contributed by atoms with Gasteiger partial charge in [-0.05, 0) is 62.2 Å². The van der Waals surface area contributed by atoms with Crippen molar-refractivity contribution in [3.63, 3.8) is 0 Å². The molecule has 29 heavy (non-hydrogen) atoms. The maximum absolute atomic E-state index is 12.7. The third kappa shape index (κ3) is 4.12. The van der Waals surface area contributed by atoms with E-state index in [-0.39, 0.29) is 23.8 Å². The molecule has 3 N–H and O–H groups in total. The summed E-state index contributed by atoms with van der Waals surface area (Å²) in [6, 6.07) is 8.75. The van der Waals surface area contributed by atoms with Gasteiger partial charge in [-0.3, -0.25) is 9.59 Å². The SMILES string of the molecule is Cc1cc(C2CCNCC2)oc(=O)c1C(=O)Nc1ccc(C2=NNC(=O)C2)cc1. The molecular formula is C21H22N4O4. The molecule has 3 heterocycles. The number of carbonyl (C=O) groups is 2. The van der Waals surface area contributed by atoms with Gasteiger partial charge in [-0.1, -0.05) is 12.1 Å². The second-order valence-electron chi connectivity index (χ2n) is 7.32. The molecule has 2 amide bonds. The van der Waals surface area contributed by atoms with Crippen LogP contribution in [0.3, 0.4) is 0 Å². The molecular weight excluding hydrogens is 372 g/mol. The number of hydrazone groups is 1. The minimum absolute atomic E-state index is 0.0155. The maximum atomic E-state index is 12.7. The van der Waals surface area contributed by atoms with Crippen molar-refractivity contribution in [3.8, 4) is 0 Å². The maximum Gasteiger partial charge on any atom is 0.349 e. The molecule has 0 saturated carbocycles. The Hall–Kier alpha value is -3.26. The van der Waals surface area contributed by atoms with Crippen molar-refractivity contribution in [2.24, 2.45) is 5.10 Å². The first-order valence-electron chi connectivity index (χ1n) is 9.64. The van der Waals surface area contributed by atoms with E-state index in [4.69, 9.17) is 4.42 Å². The molecule has 0 spiro atoms. The molecule has 4 rings (SSSR count). The van der Waals surface area contributed by atoms with E-state index < -0.39 is 11.5 Å². The minimum Gasteiger partial charge on any atom is -0.427 e. The first-order chi connectivity index (χ1) is 14.0. The van der Waals surface area contributed by atoms with E-state index >= 15 is 0 Å². The molecule has 1 fully saturated rings. The smallest absolute Gasteiger partial charge is 0.349 e. The van der Waals surface area contributed by atoms with Crippen LogP contribution in [0, 0.1) is 6.92 Å². The molecule has 2 aliphatic heterocycles. The van der Waals surface area contributed by atoms with E-state index in [1.54, 1.807) is 37.3 Å². The predicted octanol–water partition coefficient (Wildman–Crippen LogP) is 1.89. The van der Waals surface area contributed by atoms with Crippen molar-refractivity contribution >= 4 is 23.2 Å². The standard InChI is InChI=1S/C21H22N4O4/c1-12-10-17(14-6-8-22-9-7-14)29-21(28)19(12)20(27)23-15-4-2-13(3-5-15)16-11-18(26)25-24-16/h2-5,10,14,22H,6-9,11H2,1H3,(H,23,27)(H,25,26). The van der Waals surface area contributed by atoms with Gasteiger partial charge in [-0.15, -0.1) is 0 Å². The molecule has 150 valence electrons. The van der Waals surface area contributed by atoms with Crippen LogP contribution in [0.5, 0.6) is 0 Å². The monoisotopic (exact) mass is 394 g/mol. The average Bonchev–Trinajstić information content (AvgIpc) is 3.15. The number of carbonyl (C=O) groups excluding carboxylic acids is 2. The fraction of sp³-hybridized carbons (Fsp3) is 0.333. The molecule has 8 heteroatoms. The van der Waals surface area contributed by atoms with Crippen LogP contribution in [0.2, 0.25) is 0 Å². The third-order valence-corrected chi connectivity index (χ3v) is 5.26. The van der Waals surface area contributed by atoms with Crippen LogP contribution in [-0.2, 0) is 4.79 Å². The second-order valence-corrected chi connectivity index (χ2v) is 7.32. The Morgan fingerprint density at radius 3 is 2.52 bits per heavy atom. The number of nitrogens with one attached hydrogen (secondary N) is 3. The average molecular weight is 394 g/mol. The molecule has 1 saturated heterocycles. The van der Waals surface area contributed by atoms with Crippen molar-refractivity contribution < 1.29 is 14.0 Å². The molecule has 0 unspecified atom stereocenters. The van der Waals surface area contributed by atoms with Gasteiger partial charge in [0.15, 0.2) is 0 Å². The summed E-state index contributed by atoms with van der Waals surface area (Å²) in [6.45, 7) is 3.53. The number of piperidine rings is 1. The predicted molar refractivity (Wildman–Crippen MR) is 108 cm³/mol. The van der Waals surface area contributed by atoms with Crippen molar-refractivity contribution in [2.75, 3.05) is 18.4 Å². The summed E-state index contributed by atoms with van der Waals surface area (Å²) in [7, 11) is 0. The van der Waals surface area contributed by atoms with Crippen LogP contribution in [0.4, 0.5) is 5.69 Å². The van der Waals surface area contributed by atoms with Gasteiger partial charge in [0.25, 0.3) is 5.91 Å². The lowest BCUT2D eigenvalue weighted by Crippen LogP contribution is -2.28. The van der Waals surface area contributed by atoms with E-state index in [0.29, 0.717) is 22.7 Å². The van der Waals surface area contributed by atoms with Gasteiger partial charge < -0.3 is 15.1 Å². The van der Waals surface area contributed by atoms with Gasteiger partial charge >= 0.3 is 5.63 Å². The number of benzene rings is 1. The Balaban J connectivity index is 1.49. The van der Waals surface area contributed by atoms with Crippen molar-refractivity contribution in [3.05, 3.63) is 63.2 Å². The van der Waals surface area contributed by atoms with E-state index in [9.17, 15) is 14.4 Å². The summed E-state index contributed by atoms with van der Waals surface area (Å²) < 4.78 is 5.49.